The lowest BCUT2D eigenvalue weighted by Gasteiger charge is -2.30. The molecular formula is C60H76N12O9. The number of phenolic OH excluding ortho intramolecular Hbond substituents is 1. The number of aromatic hydroxyl groups is 1. The van der Waals surface area contributed by atoms with E-state index in [9.17, 15) is 43.5 Å². The van der Waals surface area contributed by atoms with E-state index in [1.165, 1.54) is 12.1 Å². The molecule has 7 rings (SSSR count). The molecule has 16 N–H and O–H groups in total. The van der Waals surface area contributed by atoms with Crippen LogP contribution in [0, 0.1) is 5.92 Å². The fourth-order valence-electron chi connectivity index (χ4n) is 10.3. The molecule has 9 atom stereocenters. The number of nitrogens with two attached hydrogens (primary N) is 3. The summed E-state index contributed by atoms with van der Waals surface area (Å²) in [6.07, 6.45) is 4.59. The number of rotatable bonds is 18. The van der Waals surface area contributed by atoms with Gasteiger partial charge in [-0.15, -0.1) is 0 Å². The van der Waals surface area contributed by atoms with Crippen LogP contribution in [0.2, 0.25) is 0 Å². The summed E-state index contributed by atoms with van der Waals surface area (Å²) in [5, 5.41) is 31.6. The highest BCUT2D eigenvalue weighted by molar-refractivity contribution is 5.99. The van der Waals surface area contributed by atoms with Gasteiger partial charge < -0.3 is 69.5 Å². The number of carbonyl (C=O) groups excluding carboxylic acids is 8. The molecule has 3 heterocycles. The van der Waals surface area contributed by atoms with Crippen LogP contribution in [0.1, 0.15) is 93.9 Å². The number of unbranched alkanes of at least 4 members (excludes halogenated alkanes) is 1. The zero-order chi connectivity index (χ0) is 58.2. The number of H-pyrrole nitrogens is 2. The van der Waals surface area contributed by atoms with Crippen molar-refractivity contribution in [3.05, 3.63) is 138 Å². The van der Waals surface area contributed by atoms with Crippen molar-refractivity contribution in [2.75, 3.05) is 6.54 Å². The normalized spacial score (nSPS) is 21.1. The molecule has 430 valence electrons. The van der Waals surface area contributed by atoms with Crippen LogP contribution in [-0.2, 0) is 57.6 Å². The SMILES string of the molecule is CC(C)C1NC(=O)[C@H](CCCCN)NC(=O)C(Cc2c[nH]c3ccccc23)NC(=O)[C@H](Cc2ccc(O)cc2)NC(=O)C(NC(=O)[C@H](N)Cc2ccccc2)CCCCC(C(=O)N[C@H](C(N)=O)C(C)c2c[nH]c3ccccc23)NC1=O. The average molecular weight is 1110 g/mol. The minimum Gasteiger partial charge on any atom is -0.508 e. The van der Waals surface area contributed by atoms with Gasteiger partial charge >= 0.3 is 0 Å². The Bertz CT molecular complexity index is 3140. The summed E-state index contributed by atoms with van der Waals surface area (Å²) >= 11 is 0. The topological polar surface area (TPSA) is 351 Å². The minimum atomic E-state index is -1.38. The van der Waals surface area contributed by atoms with Gasteiger partial charge in [0.2, 0.25) is 47.3 Å². The molecule has 4 aromatic carbocycles. The van der Waals surface area contributed by atoms with Gasteiger partial charge in [0.1, 0.15) is 48.0 Å². The summed E-state index contributed by atoms with van der Waals surface area (Å²) in [6, 6.07) is 19.7. The van der Waals surface area contributed by atoms with Gasteiger partial charge in [-0.3, -0.25) is 38.4 Å². The third-order valence-corrected chi connectivity index (χ3v) is 14.9. The summed E-state index contributed by atoms with van der Waals surface area (Å²) < 4.78 is 0. The smallest absolute Gasteiger partial charge is 0.243 e. The van der Waals surface area contributed by atoms with Crippen molar-refractivity contribution in [1.82, 2.24) is 47.2 Å². The second-order valence-electron chi connectivity index (χ2n) is 21.3. The van der Waals surface area contributed by atoms with Gasteiger partial charge in [-0.1, -0.05) is 112 Å². The number of hydrogen-bond acceptors (Lipinski definition) is 11. The maximum atomic E-state index is 14.9. The number of benzene rings is 4. The maximum absolute atomic E-state index is 14.9. The molecule has 1 aliphatic rings. The van der Waals surface area contributed by atoms with E-state index in [4.69, 9.17) is 17.2 Å². The van der Waals surface area contributed by atoms with Crippen molar-refractivity contribution >= 4 is 69.1 Å². The predicted molar refractivity (Wildman–Crippen MR) is 308 cm³/mol. The van der Waals surface area contributed by atoms with E-state index in [2.05, 4.69) is 47.2 Å². The van der Waals surface area contributed by atoms with Crippen LogP contribution in [0.3, 0.4) is 0 Å². The monoisotopic (exact) mass is 1110 g/mol. The second-order valence-corrected chi connectivity index (χ2v) is 21.3. The molecule has 21 nitrogen and oxygen atoms in total. The first-order valence-corrected chi connectivity index (χ1v) is 27.7. The van der Waals surface area contributed by atoms with Crippen molar-refractivity contribution < 1.29 is 43.5 Å². The van der Waals surface area contributed by atoms with E-state index in [1.54, 1.807) is 45.3 Å². The lowest BCUT2D eigenvalue weighted by Crippen LogP contribution is -2.61. The fraction of sp³-hybridized carbons (Fsp3) is 0.400. The zero-order valence-corrected chi connectivity index (χ0v) is 46.0. The van der Waals surface area contributed by atoms with E-state index in [-0.39, 0.29) is 57.1 Å². The highest BCUT2D eigenvalue weighted by Crippen LogP contribution is 2.28. The number of aromatic amines is 2. The van der Waals surface area contributed by atoms with Crippen molar-refractivity contribution in [2.45, 2.75) is 139 Å². The van der Waals surface area contributed by atoms with Gasteiger partial charge in [-0.05, 0) is 97.5 Å². The molecule has 6 aromatic rings. The van der Waals surface area contributed by atoms with Gasteiger partial charge in [0.15, 0.2) is 0 Å². The first-order valence-electron chi connectivity index (χ1n) is 27.7. The summed E-state index contributed by atoms with van der Waals surface area (Å²) in [5.41, 5.74) is 22.6. The summed E-state index contributed by atoms with van der Waals surface area (Å²) in [4.78, 5) is 122. The van der Waals surface area contributed by atoms with Crippen LogP contribution in [-0.4, -0.2) is 117 Å². The van der Waals surface area contributed by atoms with E-state index < -0.39 is 107 Å². The van der Waals surface area contributed by atoms with E-state index in [0.717, 1.165) is 27.4 Å². The number of fused-ring (bicyclic) bond motifs is 2. The number of phenols is 1. The highest BCUT2D eigenvalue weighted by atomic mass is 16.3. The average Bonchev–Trinajstić information content (AvgIpc) is 4.11. The third kappa shape index (κ3) is 16.3. The minimum absolute atomic E-state index is 0.0368. The Morgan fingerprint density at radius 3 is 1.91 bits per heavy atom. The van der Waals surface area contributed by atoms with Gasteiger partial charge in [-0.2, -0.15) is 0 Å². The molecule has 0 bridgehead atoms. The number of hydrogen-bond donors (Lipinski definition) is 13. The largest absolute Gasteiger partial charge is 0.508 e. The lowest BCUT2D eigenvalue weighted by atomic mass is 9.92. The molecule has 1 saturated heterocycles. The second kappa shape index (κ2) is 28.5. The van der Waals surface area contributed by atoms with Gasteiger partial charge in [-0.25, -0.2) is 0 Å². The van der Waals surface area contributed by atoms with E-state index in [0.29, 0.717) is 36.1 Å². The predicted octanol–water partition coefficient (Wildman–Crippen LogP) is 2.75. The molecule has 0 spiro atoms. The number of amides is 8. The molecular weight excluding hydrogens is 1030 g/mol. The van der Waals surface area contributed by atoms with Crippen molar-refractivity contribution in [3.63, 3.8) is 0 Å². The number of carbonyl (C=O) groups is 8. The Hall–Kier alpha value is -8.56. The molecule has 1 fully saturated rings. The number of para-hydroxylation sites is 2. The fourth-order valence-corrected chi connectivity index (χ4v) is 10.3. The zero-order valence-electron chi connectivity index (χ0n) is 46.0. The maximum Gasteiger partial charge on any atom is 0.243 e. The van der Waals surface area contributed by atoms with Crippen molar-refractivity contribution in [3.8, 4) is 5.75 Å². The standard InChI is InChI=1S/C60H76N12O9/c1-34(2)51-60(81)68-48(57(78)72-52(53(63)74)35(3)42-33-65-45-20-10-8-18-41(42)45)22-12-11-21-46(66-54(75)43(62)29-36-15-5-4-6-16-36)55(76)69-49(30-37-24-26-39(73)27-25-37)58(79)70-50(31-38-32-64-44-19-9-7-17-40(38)44)59(80)67-47(56(77)71-51)23-13-14-28-61/h4-10,15-20,24-27,32-35,43,46-52,64-65,73H,11-14,21-23,28-31,61-62H2,1-3H3,(H2,63,74)(H,66,75)(H,67,80)(H,68,81)(H,69,76)(H,70,79)(H,71,77)(H,72,78)/t35?,43-,46?,47+,48?,49+,50?,51?,52+/m1/s1. The molecule has 0 aliphatic carbocycles. The van der Waals surface area contributed by atoms with Crippen LogP contribution in [0.25, 0.3) is 21.8 Å². The van der Waals surface area contributed by atoms with Crippen molar-refractivity contribution in [1.29, 1.82) is 0 Å². The van der Waals surface area contributed by atoms with Crippen molar-refractivity contribution in [2.24, 2.45) is 23.1 Å². The lowest BCUT2D eigenvalue weighted by molar-refractivity contribution is -0.136. The van der Waals surface area contributed by atoms with E-state index in [1.807, 2.05) is 78.9 Å². The first-order chi connectivity index (χ1) is 38.9. The van der Waals surface area contributed by atoms with Gasteiger partial charge in [0.05, 0.1) is 6.04 Å². The number of nitrogens with one attached hydrogen (secondary N) is 9. The van der Waals surface area contributed by atoms with Crippen LogP contribution < -0.4 is 54.4 Å². The van der Waals surface area contributed by atoms with Crippen LogP contribution in [0.5, 0.6) is 5.75 Å². The van der Waals surface area contributed by atoms with E-state index >= 15 is 0 Å². The van der Waals surface area contributed by atoms with Gasteiger partial charge in [0.25, 0.3) is 0 Å². The Morgan fingerprint density at radius 2 is 1.23 bits per heavy atom. The van der Waals surface area contributed by atoms with Crippen LogP contribution >= 0.6 is 0 Å². The molecule has 21 heteroatoms. The number of aromatic nitrogens is 2. The number of primary amides is 1. The molecule has 8 amide bonds. The molecule has 81 heavy (non-hydrogen) atoms. The summed E-state index contributed by atoms with van der Waals surface area (Å²) in [6.45, 7) is 5.45. The quantitative estimate of drug-likeness (QED) is 0.0555. The summed E-state index contributed by atoms with van der Waals surface area (Å²) in [5.74, 6) is -7.22. The first kappa shape index (κ1) is 60.1. The molecule has 0 saturated carbocycles. The molecule has 1 aliphatic heterocycles. The van der Waals surface area contributed by atoms with Gasteiger partial charge in [0, 0.05) is 53.0 Å². The highest BCUT2D eigenvalue weighted by Gasteiger charge is 2.37. The van der Waals surface area contributed by atoms with Crippen LogP contribution in [0.4, 0.5) is 0 Å². The molecule has 2 aromatic heterocycles. The molecule has 5 unspecified atom stereocenters. The van der Waals surface area contributed by atoms with Crippen LogP contribution in [0.15, 0.2) is 116 Å². The Labute approximate surface area is 470 Å². The third-order valence-electron chi connectivity index (χ3n) is 14.9. The Balaban J connectivity index is 1.26. The molecule has 0 radical (unpaired) electrons. The Kier molecular flexibility index (Phi) is 21.2. The Morgan fingerprint density at radius 1 is 0.642 bits per heavy atom. The summed E-state index contributed by atoms with van der Waals surface area (Å²) in [7, 11) is 0.